The second-order valence-electron chi connectivity index (χ2n) is 3.49. The molecule has 0 aliphatic heterocycles. The molecule has 1 amide bonds. The number of carbonyl (C=O) groups excluding carboxylic acids is 1. The van der Waals surface area contributed by atoms with Crippen LogP contribution in [0.5, 0.6) is 0 Å². The van der Waals surface area contributed by atoms with Crippen LogP contribution in [-0.4, -0.2) is 12.5 Å². The van der Waals surface area contributed by atoms with Gasteiger partial charge in [-0.2, -0.15) is 0 Å². The van der Waals surface area contributed by atoms with Crippen LogP contribution in [0.1, 0.15) is 17.3 Å². The van der Waals surface area contributed by atoms with Crippen molar-refractivity contribution < 1.29 is 13.6 Å². The molecule has 88 valence electrons. The summed E-state index contributed by atoms with van der Waals surface area (Å²) in [6.07, 6.45) is 0. The van der Waals surface area contributed by atoms with Gasteiger partial charge in [-0.05, 0) is 25.1 Å². The molecule has 0 unspecified atom stereocenters. The van der Waals surface area contributed by atoms with Gasteiger partial charge >= 0.3 is 5.63 Å². The molecule has 1 aromatic carbocycles. The van der Waals surface area contributed by atoms with Crippen molar-refractivity contribution >= 4 is 16.9 Å². The summed E-state index contributed by atoms with van der Waals surface area (Å²) in [4.78, 5) is 23.0. The summed E-state index contributed by atoms with van der Waals surface area (Å²) < 4.78 is 17.8. The molecular weight excluding hydrogens is 225 g/mol. The number of benzene rings is 1. The lowest BCUT2D eigenvalue weighted by Gasteiger charge is -2.02. The lowest BCUT2D eigenvalue weighted by atomic mass is 10.2. The first-order valence-corrected chi connectivity index (χ1v) is 5.13. The van der Waals surface area contributed by atoms with Crippen LogP contribution in [-0.2, 0) is 0 Å². The molecule has 0 spiro atoms. The van der Waals surface area contributed by atoms with Gasteiger partial charge in [0.1, 0.15) is 17.0 Å². The van der Waals surface area contributed by atoms with E-state index in [1.54, 1.807) is 6.92 Å². The van der Waals surface area contributed by atoms with Gasteiger partial charge in [-0.3, -0.25) is 4.79 Å². The largest absolute Gasteiger partial charge is 0.422 e. The van der Waals surface area contributed by atoms with E-state index < -0.39 is 17.3 Å². The highest BCUT2D eigenvalue weighted by atomic mass is 19.1. The molecule has 0 saturated carbocycles. The van der Waals surface area contributed by atoms with Crippen molar-refractivity contribution in [2.45, 2.75) is 6.92 Å². The zero-order chi connectivity index (χ0) is 12.4. The SMILES string of the molecule is CCNC(=O)c1cc2ccc(F)cc2oc1=O. The fraction of sp³-hybridized carbons (Fsp3) is 0.167. The summed E-state index contributed by atoms with van der Waals surface area (Å²) in [7, 11) is 0. The minimum absolute atomic E-state index is 0.0778. The molecule has 0 saturated heterocycles. The van der Waals surface area contributed by atoms with Crippen LogP contribution < -0.4 is 10.9 Å². The van der Waals surface area contributed by atoms with E-state index in [1.807, 2.05) is 0 Å². The third-order valence-electron chi connectivity index (χ3n) is 2.28. The van der Waals surface area contributed by atoms with Crippen LogP contribution in [0, 0.1) is 5.82 Å². The molecule has 17 heavy (non-hydrogen) atoms. The van der Waals surface area contributed by atoms with Crippen molar-refractivity contribution in [2.24, 2.45) is 0 Å². The number of hydrogen-bond donors (Lipinski definition) is 1. The molecule has 1 heterocycles. The second-order valence-corrected chi connectivity index (χ2v) is 3.49. The van der Waals surface area contributed by atoms with Crippen LogP contribution in [0.3, 0.4) is 0 Å². The normalized spacial score (nSPS) is 10.5. The Morgan fingerprint density at radius 1 is 1.41 bits per heavy atom. The Kier molecular flexibility index (Phi) is 2.91. The molecule has 0 fully saturated rings. The summed E-state index contributed by atoms with van der Waals surface area (Å²) in [6, 6.07) is 5.20. The topological polar surface area (TPSA) is 59.3 Å². The van der Waals surface area contributed by atoms with Crippen molar-refractivity contribution in [2.75, 3.05) is 6.54 Å². The van der Waals surface area contributed by atoms with E-state index in [9.17, 15) is 14.0 Å². The Bertz CT molecular complexity index is 633. The van der Waals surface area contributed by atoms with Crippen LogP contribution in [0.4, 0.5) is 4.39 Å². The molecule has 1 N–H and O–H groups in total. The predicted molar refractivity (Wildman–Crippen MR) is 60.4 cm³/mol. The van der Waals surface area contributed by atoms with E-state index in [2.05, 4.69) is 5.32 Å². The van der Waals surface area contributed by atoms with Gasteiger partial charge in [0.15, 0.2) is 0 Å². The van der Waals surface area contributed by atoms with Gasteiger partial charge < -0.3 is 9.73 Å². The maximum absolute atomic E-state index is 12.9. The fourth-order valence-electron chi connectivity index (χ4n) is 1.50. The van der Waals surface area contributed by atoms with Crippen LogP contribution in [0.25, 0.3) is 11.0 Å². The van der Waals surface area contributed by atoms with Gasteiger partial charge in [0.2, 0.25) is 0 Å². The molecule has 4 nitrogen and oxygen atoms in total. The van der Waals surface area contributed by atoms with Gasteiger partial charge in [0, 0.05) is 18.0 Å². The first kappa shape index (κ1) is 11.3. The van der Waals surface area contributed by atoms with E-state index >= 15 is 0 Å². The Labute approximate surface area is 96.1 Å². The van der Waals surface area contributed by atoms with Gasteiger partial charge in [-0.25, -0.2) is 9.18 Å². The minimum Gasteiger partial charge on any atom is -0.422 e. The first-order valence-electron chi connectivity index (χ1n) is 5.13. The van der Waals surface area contributed by atoms with Crippen molar-refractivity contribution in [1.29, 1.82) is 0 Å². The zero-order valence-electron chi connectivity index (χ0n) is 9.12. The minimum atomic E-state index is -0.769. The average molecular weight is 235 g/mol. The number of hydrogen-bond acceptors (Lipinski definition) is 3. The van der Waals surface area contributed by atoms with E-state index in [0.717, 1.165) is 6.07 Å². The molecule has 2 aromatic rings. The molecule has 5 heteroatoms. The number of rotatable bonds is 2. The molecular formula is C12H10FNO3. The lowest BCUT2D eigenvalue weighted by molar-refractivity contribution is 0.0952. The van der Waals surface area contributed by atoms with Gasteiger partial charge in [0.05, 0.1) is 0 Å². The zero-order valence-corrected chi connectivity index (χ0v) is 9.12. The van der Waals surface area contributed by atoms with Gasteiger partial charge in [-0.1, -0.05) is 0 Å². The Morgan fingerprint density at radius 3 is 2.88 bits per heavy atom. The summed E-state index contributed by atoms with van der Waals surface area (Å²) in [5.74, 6) is -0.987. The standard InChI is InChI=1S/C12H10FNO3/c1-2-14-11(15)9-5-7-3-4-8(13)6-10(7)17-12(9)16/h3-6H,2H2,1H3,(H,14,15). The van der Waals surface area contributed by atoms with Crippen LogP contribution in [0.15, 0.2) is 33.5 Å². The second kappa shape index (κ2) is 4.37. The molecule has 0 aliphatic carbocycles. The summed E-state index contributed by atoms with van der Waals surface area (Å²) >= 11 is 0. The number of nitrogens with one attached hydrogen (secondary N) is 1. The smallest absolute Gasteiger partial charge is 0.349 e. The van der Waals surface area contributed by atoms with E-state index in [4.69, 9.17) is 4.42 Å². The van der Waals surface area contributed by atoms with Crippen molar-refractivity contribution in [3.05, 3.63) is 46.1 Å². The Balaban J connectivity index is 2.60. The Hall–Kier alpha value is -2.17. The van der Waals surface area contributed by atoms with E-state index in [-0.39, 0.29) is 11.1 Å². The molecule has 2 rings (SSSR count). The fourth-order valence-corrected chi connectivity index (χ4v) is 1.50. The summed E-state index contributed by atoms with van der Waals surface area (Å²) in [5.41, 5.74) is -0.719. The average Bonchev–Trinajstić information content (AvgIpc) is 2.28. The third-order valence-corrected chi connectivity index (χ3v) is 2.28. The summed E-state index contributed by atoms with van der Waals surface area (Å²) in [5, 5.41) is 3.01. The highest BCUT2D eigenvalue weighted by Crippen LogP contribution is 2.14. The molecule has 1 aromatic heterocycles. The maximum atomic E-state index is 12.9. The summed E-state index contributed by atoms with van der Waals surface area (Å²) in [6.45, 7) is 2.16. The van der Waals surface area contributed by atoms with E-state index in [0.29, 0.717) is 11.9 Å². The van der Waals surface area contributed by atoms with Crippen molar-refractivity contribution in [3.63, 3.8) is 0 Å². The molecule has 0 aliphatic rings. The van der Waals surface area contributed by atoms with Crippen LogP contribution >= 0.6 is 0 Å². The maximum Gasteiger partial charge on any atom is 0.349 e. The quantitative estimate of drug-likeness (QED) is 0.805. The molecule has 0 bridgehead atoms. The number of carbonyl (C=O) groups is 1. The first-order chi connectivity index (χ1) is 8.11. The number of halogens is 1. The van der Waals surface area contributed by atoms with Gasteiger partial charge in [-0.15, -0.1) is 0 Å². The third kappa shape index (κ3) is 2.18. The van der Waals surface area contributed by atoms with Crippen molar-refractivity contribution in [3.8, 4) is 0 Å². The lowest BCUT2D eigenvalue weighted by Crippen LogP contribution is -2.27. The van der Waals surface area contributed by atoms with Crippen LogP contribution in [0.2, 0.25) is 0 Å². The monoisotopic (exact) mass is 235 g/mol. The van der Waals surface area contributed by atoms with Gasteiger partial charge in [0.25, 0.3) is 5.91 Å². The highest BCUT2D eigenvalue weighted by molar-refractivity contribution is 5.96. The molecule has 0 atom stereocenters. The van der Waals surface area contributed by atoms with Crippen molar-refractivity contribution in [1.82, 2.24) is 5.32 Å². The number of amides is 1. The highest BCUT2D eigenvalue weighted by Gasteiger charge is 2.12. The Morgan fingerprint density at radius 2 is 2.18 bits per heavy atom. The van der Waals surface area contributed by atoms with E-state index in [1.165, 1.54) is 18.2 Å². The molecule has 0 radical (unpaired) electrons. The number of fused-ring (bicyclic) bond motifs is 1. The predicted octanol–water partition coefficient (Wildman–Crippen LogP) is 1.68.